The van der Waals surface area contributed by atoms with Gasteiger partial charge >= 0.3 is 12.4 Å². The third-order valence-electron chi connectivity index (χ3n) is 4.37. The summed E-state index contributed by atoms with van der Waals surface area (Å²) in [5.74, 6) is -0.499. The lowest BCUT2D eigenvalue weighted by atomic mass is 9.92. The van der Waals surface area contributed by atoms with Crippen LogP contribution in [0.15, 0.2) is 28.8 Å². The number of benzene rings is 1. The van der Waals surface area contributed by atoms with Crippen LogP contribution >= 0.6 is 0 Å². The van der Waals surface area contributed by atoms with E-state index in [1.54, 1.807) is 0 Å². The number of nitrogens with zero attached hydrogens (tertiary/aromatic N) is 3. The number of imide groups is 1. The molecule has 1 aromatic carbocycles. The zero-order chi connectivity index (χ0) is 21.6. The average Bonchev–Trinajstić information content (AvgIpc) is 3.14. The molecule has 3 rings (SSSR count). The number of ether oxygens (including phenoxy) is 1. The van der Waals surface area contributed by atoms with Gasteiger partial charge in [0.15, 0.2) is 5.82 Å². The minimum Gasteiger partial charge on any atom is -0.406 e. The van der Waals surface area contributed by atoms with E-state index in [0.717, 1.165) is 17.0 Å². The summed E-state index contributed by atoms with van der Waals surface area (Å²) in [5.41, 5.74) is -1.53. The molecule has 29 heavy (non-hydrogen) atoms. The number of halogens is 3. The molecule has 1 atom stereocenters. The molecule has 1 aliphatic rings. The summed E-state index contributed by atoms with van der Waals surface area (Å²) < 4.78 is 45.9. The summed E-state index contributed by atoms with van der Waals surface area (Å²) in [5, 5.41) is 6.41. The van der Waals surface area contributed by atoms with E-state index in [0.29, 0.717) is 11.4 Å². The number of carbonyl (C=O) groups is 2. The molecule has 0 radical (unpaired) electrons. The minimum absolute atomic E-state index is 0.0941. The van der Waals surface area contributed by atoms with Gasteiger partial charge in [-0.25, -0.2) is 4.79 Å². The fourth-order valence-corrected chi connectivity index (χ4v) is 2.79. The highest BCUT2D eigenvalue weighted by molar-refractivity contribution is 6.07. The Kier molecular flexibility index (Phi) is 4.80. The van der Waals surface area contributed by atoms with Crippen molar-refractivity contribution in [3.8, 4) is 5.75 Å². The lowest BCUT2D eigenvalue weighted by Gasteiger charge is -2.22. The van der Waals surface area contributed by atoms with Gasteiger partial charge in [-0.2, -0.15) is 4.98 Å². The van der Waals surface area contributed by atoms with E-state index in [-0.39, 0.29) is 17.9 Å². The van der Waals surface area contributed by atoms with Crippen molar-refractivity contribution >= 4 is 11.9 Å². The van der Waals surface area contributed by atoms with Crippen LogP contribution in [0.3, 0.4) is 0 Å². The first kappa shape index (κ1) is 20.6. The van der Waals surface area contributed by atoms with Crippen LogP contribution in [0, 0.1) is 0 Å². The van der Waals surface area contributed by atoms with Gasteiger partial charge in [-0.1, -0.05) is 38.1 Å². The molecule has 0 bridgehead atoms. The second kappa shape index (κ2) is 6.75. The van der Waals surface area contributed by atoms with Gasteiger partial charge in [-0.3, -0.25) is 9.69 Å². The van der Waals surface area contributed by atoms with Crippen LogP contribution in [0.4, 0.5) is 18.0 Å². The van der Waals surface area contributed by atoms with Gasteiger partial charge in [-0.05, 0) is 24.6 Å². The van der Waals surface area contributed by atoms with E-state index >= 15 is 0 Å². The summed E-state index contributed by atoms with van der Waals surface area (Å²) in [6.45, 7) is 6.90. The monoisotopic (exact) mass is 412 g/mol. The molecule has 2 heterocycles. The average molecular weight is 412 g/mol. The van der Waals surface area contributed by atoms with Crippen molar-refractivity contribution in [2.75, 3.05) is 0 Å². The van der Waals surface area contributed by atoms with E-state index in [1.165, 1.54) is 19.1 Å². The molecule has 11 heteroatoms. The second-order valence-electron chi connectivity index (χ2n) is 7.78. The summed E-state index contributed by atoms with van der Waals surface area (Å²) >= 11 is 0. The Hall–Kier alpha value is -3.11. The summed E-state index contributed by atoms with van der Waals surface area (Å²) in [6, 6.07) is 4.04. The maximum absolute atomic E-state index is 12.9. The number of nitrogens with one attached hydrogen (secondary N) is 1. The molecule has 1 N–H and O–H groups in total. The van der Waals surface area contributed by atoms with Gasteiger partial charge in [0.1, 0.15) is 17.8 Å². The van der Waals surface area contributed by atoms with Crippen molar-refractivity contribution in [2.24, 2.45) is 0 Å². The second-order valence-corrected chi connectivity index (χ2v) is 7.78. The summed E-state index contributed by atoms with van der Waals surface area (Å²) in [4.78, 5) is 30.4. The molecule has 1 unspecified atom stereocenters. The zero-order valence-electron chi connectivity index (χ0n) is 16.1. The number of hydrogen-bond acceptors (Lipinski definition) is 6. The highest BCUT2D eigenvalue weighted by Crippen LogP contribution is 2.32. The molecule has 3 amide bonds. The van der Waals surface area contributed by atoms with Crippen LogP contribution in [0.2, 0.25) is 0 Å². The first-order valence-electron chi connectivity index (χ1n) is 8.63. The fourth-order valence-electron chi connectivity index (χ4n) is 2.79. The quantitative estimate of drug-likeness (QED) is 0.775. The zero-order valence-corrected chi connectivity index (χ0v) is 16.1. The predicted molar refractivity (Wildman–Crippen MR) is 92.6 cm³/mol. The highest BCUT2D eigenvalue weighted by Gasteiger charge is 2.49. The van der Waals surface area contributed by atoms with Gasteiger partial charge in [0, 0.05) is 5.41 Å². The summed E-state index contributed by atoms with van der Waals surface area (Å²) in [6.07, 6.45) is -4.82. The first-order chi connectivity index (χ1) is 13.3. The third-order valence-corrected chi connectivity index (χ3v) is 4.37. The lowest BCUT2D eigenvalue weighted by Crippen LogP contribution is -2.40. The van der Waals surface area contributed by atoms with Gasteiger partial charge in [0.25, 0.3) is 5.91 Å². The van der Waals surface area contributed by atoms with Gasteiger partial charge in [0.05, 0.1) is 0 Å². The molecule has 8 nitrogen and oxygen atoms in total. The SMILES string of the molecule is CC(C)(C)c1noc(CN2C(=O)NC(C)(c3ccc(OC(F)(F)F)cc3)C2=O)n1. The lowest BCUT2D eigenvalue weighted by molar-refractivity contribution is -0.274. The largest absolute Gasteiger partial charge is 0.573 e. The summed E-state index contributed by atoms with van der Waals surface area (Å²) in [7, 11) is 0. The number of amides is 3. The molecular weight excluding hydrogens is 393 g/mol. The number of aromatic nitrogens is 2. The van der Waals surface area contributed by atoms with Crippen LogP contribution in [-0.4, -0.2) is 33.3 Å². The predicted octanol–water partition coefficient (Wildman–Crippen LogP) is 3.23. The number of urea groups is 1. The Morgan fingerprint density at radius 1 is 1.17 bits per heavy atom. The van der Waals surface area contributed by atoms with Crippen molar-refractivity contribution in [2.45, 2.75) is 51.6 Å². The van der Waals surface area contributed by atoms with Crippen LogP contribution < -0.4 is 10.1 Å². The van der Waals surface area contributed by atoms with Crippen molar-refractivity contribution in [3.63, 3.8) is 0 Å². The van der Waals surface area contributed by atoms with Gasteiger partial charge < -0.3 is 14.6 Å². The number of alkyl halides is 3. The normalized spacial score (nSPS) is 20.2. The van der Waals surface area contributed by atoms with Gasteiger partial charge in [-0.15, -0.1) is 13.2 Å². The Morgan fingerprint density at radius 3 is 2.31 bits per heavy atom. The van der Waals surface area contributed by atoms with Crippen molar-refractivity contribution in [1.82, 2.24) is 20.4 Å². The molecule has 1 saturated heterocycles. The molecule has 0 aliphatic carbocycles. The maximum Gasteiger partial charge on any atom is 0.573 e. The highest BCUT2D eigenvalue weighted by atomic mass is 19.4. The molecule has 156 valence electrons. The molecule has 0 spiro atoms. The van der Waals surface area contributed by atoms with E-state index in [4.69, 9.17) is 4.52 Å². The fraction of sp³-hybridized carbons (Fsp3) is 0.444. The molecule has 1 aliphatic heterocycles. The van der Waals surface area contributed by atoms with Crippen LogP contribution in [0.25, 0.3) is 0 Å². The minimum atomic E-state index is -4.82. The molecule has 1 fully saturated rings. The van der Waals surface area contributed by atoms with Crippen LogP contribution in [0.1, 0.15) is 45.0 Å². The van der Waals surface area contributed by atoms with E-state index < -0.39 is 29.6 Å². The van der Waals surface area contributed by atoms with Crippen molar-refractivity contribution < 1.29 is 32.0 Å². The molecule has 0 saturated carbocycles. The Morgan fingerprint density at radius 2 is 1.79 bits per heavy atom. The standard InChI is InChI=1S/C18H19F3N4O4/c1-16(2,3)13-22-12(29-24-13)9-25-14(26)17(4,23-15(25)27)10-5-7-11(8-6-10)28-18(19,20)21/h5-8H,9H2,1-4H3,(H,23,27). The van der Waals surface area contributed by atoms with E-state index in [2.05, 4.69) is 20.2 Å². The van der Waals surface area contributed by atoms with Crippen LogP contribution in [-0.2, 0) is 22.3 Å². The Balaban J connectivity index is 1.79. The molecule has 2 aromatic rings. The van der Waals surface area contributed by atoms with Crippen molar-refractivity contribution in [1.29, 1.82) is 0 Å². The van der Waals surface area contributed by atoms with E-state index in [1.807, 2.05) is 20.8 Å². The van der Waals surface area contributed by atoms with E-state index in [9.17, 15) is 22.8 Å². The topological polar surface area (TPSA) is 97.6 Å². The maximum atomic E-state index is 12.9. The number of rotatable bonds is 4. The third kappa shape index (κ3) is 4.17. The van der Waals surface area contributed by atoms with Gasteiger partial charge in [0.2, 0.25) is 5.89 Å². The Labute approximate surface area is 164 Å². The Bertz CT molecular complexity index is 934. The smallest absolute Gasteiger partial charge is 0.406 e. The van der Waals surface area contributed by atoms with Crippen molar-refractivity contribution in [3.05, 3.63) is 41.5 Å². The number of hydrogen-bond donors (Lipinski definition) is 1. The first-order valence-corrected chi connectivity index (χ1v) is 8.63. The molecule has 1 aromatic heterocycles. The number of carbonyl (C=O) groups excluding carboxylic acids is 2. The van der Waals surface area contributed by atoms with Crippen LogP contribution in [0.5, 0.6) is 5.75 Å². The molecular formula is C18H19F3N4O4.